The summed E-state index contributed by atoms with van der Waals surface area (Å²) in [6.45, 7) is 2.03. The van der Waals surface area contributed by atoms with Gasteiger partial charge in [0.15, 0.2) is 5.69 Å². The molecule has 0 spiro atoms. The summed E-state index contributed by atoms with van der Waals surface area (Å²) >= 11 is 0. The van der Waals surface area contributed by atoms with E-state index in [2.05, 4.69) is 9.97 Å². The number of fused-ring (bicyclic) bond motifs is 1. The molecule has 0 radical (unpaired) electrons. The number of rotatable bonds is 3. The van der Waals surface area contributed by atoms with Gasteiger partial charge in [0.05, 0.1) is 12.3 Å². The van der Waals surface area contributed by atoms with Gasteiger partial charge in [-0.1, -0.05) is 36.4 Å². The van der Waals surface area contributed by atoms with Crippen molar-refractivity contribution in [2.24, 2.45) is 0 Å². The van der Waals surface area contributed by atoms with E-state index in [0.29, 0.717) is 5.69 Å². The fourth-order valence-corrected chi connectivity index (χ4v) is 2.27. The van der Waals surface area contributed by atoms with Crippen molar-refractivity contribution in [2.45, 2.75) is 6.92 Å². The highest BCUT2D eigenvalue weighted by atomic mass is 16.5. The second kappa shape index (κ2) is 5.81. The standard InChI is InChI=1S/C17H15N3O2/c1-2-22-16(21)15-10-14(19-17(18)20-15)13-8-7-11-5-3-4-6-12(11)9-13/h3-10H,2H2,1H3,(H2,18,19,20). The van der Waals surface area contributed by atoms with E-state index >= 15 is 0 Å². The molecule has 0 unspecified atom stereocenters. The number of nitrogens with two attached hydrogens (primary N) is 1. The van der Waals surface area contributed by atoms with Gasteiger partial charge < -0.3 is 10.5 Å². The summed E-state index contributed by atoms with van der Waals surface area (Å²) < 4.78 is 4.96. The van der Waals surface area contributed by atoms with Gasteiger partial charge in [-0.3, -0.25) is 0 Å². The van der Waals surface area contributed by atoms with Gasteiger partial charge in [-0.15, -0.1) is 0 Å². The zero-order chi connectivity index (χ0) is 15.5. The predicted molar refractivity (Wildman–Crippen MR) is 85.3 cm³/mol. The highest BCUT2D eigenvalue weighted by Crippen LogP contribution is 2.24. The normalized spacial score (nSPS) is 10.6. The Hall–Kier alpha value is -2.95. The number of carbonyl (C=O) groups excluding carboxylic acids is 1. The molecule has 0 bridgehead atoms. The number of carbonyl (C=O) groups is 1. The molecule has 0 aliphatic rings. The van der Waals surface area contributed by atoms with Crippen LogP contribution in [0, 0.1) is 0 Å². The molecular formula is C17H15N3O2. The first-order valence-corrected chi connectivity index (χ1v) is 6.98. The Morgan fingerprint density at radius 2 is 1.86 bits per heavy atom. The Morgan fingerprint density at radius 1 is 1.09 bits per heavy atom. The molecule has 5 heteroatoms. The van der Waals surface area contributed by atoms with Gasteiger partial charge in [-0.2, -0.15) is 0 Å². The van der Waals surface area contributed by atoms with Crippen LogP contribution in [0.5, 0.6) is 0 Å². The Morgan fingerprint density at radius 3 is 2.64 bits per heavy atom. The molecule has 0 saturated carbocycles. The average molecular weight is 293 g/mol. The van der Waals surface area contributed by atoms with Crippen molar-refractivity contribution in [2.75, 3.05) is 12.3 Å². The number of esters is 1. The summed E-state index contributed by atoms with van der Waals surface area (Å²) in [5, 5.41) is 2.23. The molecule has 3 aromatic rings. The second-order valence-corrected chi connectivity index (χ2v) is 4.78. The third-order valence-electron chi connectivity index (χ3n) is 3.27. The zero-order valence-electron chi connectivity index (χ0n) is 12.1. The number of nitrogen functional groups attached to an aromatic ring is 1. The lowest BCUT2D eigenvalue weighted by Crippen LogP contribution is -2.10. The number of benzene rings is 2. The van der Waals surface area contributed by atoms with Gasteiger partial charge in [0.25, 0.3) is 0 Å². The third kappa shape index (κ3) is 2.74. The van der Waals surface area contributed by atoms with Gasteiger partial charge in [0, 0.05) is 5.56 Å². The molecule has 22 heavy (non-hydrogen) atoms. The maximum atomic E-state index is 11.8. The van der Waals surface area contributed by atoms with Crippen LogP contribution >= 0.6 is 0 Å². The van der Waals surface area contributed by atoms with Crippen LogP contribution in [0.3, 0.4) is 0 Å². The van der Waals surface area contributed by atoms with Crippen LogP contribution in [0.2, 0.25) is 0 Å². The molecule has 0 atom stereocenters. The minimum absolute atomic E-state index is 0.0497. The van der Waals surface area contributed by atoms with Crippen LogP contribution in [-0.4, -0.2) is 22.5 Å². The molecule has 110 valence electrons. The number of hydrogen-bond acceptors (Lipinski definition) is 5. The van der Waals surface area contributed by atoms with Gasteiger partial charge in [0.1, 0.15) is 0 Å². The Balaban J connectivity index is 2.07. The van der Waals surface area contributed by atoms with Crippen LogP contribution in [0.4, 0.5) is 5.95 Å². The number of nitrogens with zero attached hydrogens (tertiary/aromatic N) is 2. The van der Waals surface area contributed by atoms with Gasteiger partial charge >= 0.3 is 5.97 Å². The van der Waals surface area contributed by atoms with Crippen LogP contribution in [-0.2, 0) is 4.74 Å². The summed E-state index contributed by atoms with van der Waals surface area (Å²) in [6, 6.07) is 15.6. The smallest absolute Gasteiger partial charge is 0.357 e. The molecule has 0 aliphatic carbocycles. The van der Waals surface area contributed by atoms with E-state index < -0.39 is 5.97 Å². The van der Waals surface area contributed by atoms with Crippen molar-refractivity contribution in [3.8, 4) is 11.3 Å². The largest absolute Gasteiger partial charge is 0.461 e. The summed E-state index contributed by atoms with van der Waals surface area (Å²) in [5.74, 6) is -0.452. The lowest BCUT2D eigenvalue weighted by atomic mass is 10.0. The molecule has 0 fully saturated rings. The number of aromatic nitrogens is 2. The summed E-state index contributed by atoms with van der Waals surface area (Å²) in [5.41, 5.74) is 7.35. The van der Waals surface area contributed by atoms with Gasteiger partial charge in [0.2, 0.25) is 5.95 Å². The van der Waals surface area contributed by atoms with Crippen LogP contribution in [0.25, 0.3) is 22.0 Å². The molecule has 5 nitrogen and oxygen atoms in total. The maximum Gasteiger partial charge on any atom is 0.357 e. The van der Waals surface area contributed by atoms with Gasteiger partial charge in [-0.05, 0) is 29.8 Å². The van der Waals surface area contributed by atoms with E-state index in [4.69, 9.17) is 10.5 Å². The molecule has 0 amide bonds. The summed E-state index contributed by atoms with van der Waals surface area (Å²) in [7, 11) is 0. The first-order chi connectivity index (χ1) is 10.7. The predicted octanol–water partition coefficient (Wildman–Crippen LogP) is 3.06. The number of ether oxygens (including phenoxy) is 1. The molecule has 0 aliphatic heterocycles. The van der Waals surface area contributed by atoms with Crippen molar-refractivity contribution < 1.29 is 9.53 Å². The van der Waals surface area contributed by atoms with E-state index in [1.54, 1.807) is 13.0 Å². The van der Waals surface area contributed by atoms with E-state index in [9.17, 15) is 4.79 Å². The summed E-state index contributed by atoms with van der Waals surface area (Å²) in [4.78, 5) is 20.0. The molecular weight excluding hydrogens is 278 g/mol. The van der Waals surface area contributed by atoms with Crippen molar-refractivity contribution in [1.82, 2.24) is 9.97 Å². The fraction of sp³-hybridized carbons (Fsp3) is 0.118. The monoisotopic (exact) mass is 293 g/mol. The Bertz CT molecular complexity index is 846. The van der Waals surface area contributed by atoms with E-state index in [1.807, 2.05) is 42.5 Å². The van der Waals surface area contributed by atoms with Crippen molar-refractivity contribution in [3.63, 3.8) is 0 Å². The van der Waals surface area contributed by atoms with Crippen LogP contribution in [0.15, 0.2) is 48.5 Å². The van der Waals surface area contributed by atoms with Crippen LogP contribution in [0.1, 0.15) is 17.4 Å². The van der Waals surface area contributed by atoms with E-state index in [0.717, 1.165) is 16.3 Å². The maximum absolute atomic E-state index is 11.8. The molecule has 1 aromatic heterocycles. The Kier molecular flexibility index (Phi) is 3.70. The minimum Gasteiger partial charge on any atom is -0.461 e. The number of anilines is 1. The zero-order valence-corrected chi connectivity index (χ0v) is 12.1. The first-order valence-electron chi connectivity index (χ1n) is 6.98. The van der Waals surface area contributed by atoms with Crippen molar-refractivity contribution >= 4 is 22.7 Å². The quantitative estimate of drug-likeness (QED) is 0.751. The number of hydrogen-bond donors (Lipinski definition) is 1. The van der Waals surface area contributed by atoms with Crippen LogP contribution < -0.4 is 5.73 Å². The minimum atomic E-state index is -0.501. The topological polar surface area (TPSA) is 78.1 Å². The lowest BCUT2D eigenvalue weighted by Gasteiger charge is -2.07. The van der Waals surface area contributed by atoms with E-state index in [-0.39, 0.29) is 18.2 Å². The Labute approximate surface area is 127 Å². The summed E-state index contributed by atoms with van der Waals surface area (Å²) in [6.07, 6.45) is 0. The molecule has 1 heterocycles. The second-order valence-electron chi connectivity index (χ2n) is 4.78. The molecule has 3 rings (SSSR count). The third-order valence-corrected chi connectivity index (χ3v) is 3.27. The highest BCUT2D eigenvalue weighted by molar-refractivity contribution is 5.90. The van der Waals surface area contributed by atoms with Crippen molar-refractivity contribution in [3.05, 3.63) is 54.2 Å². The molecule has 2 aromatic carbocycles. The lowest BCUT2D eigenvalue weighted by molar-refractivity contribution is 0.0519. The van der Waals surface area contributed by atoms with Gasteiger partial charge in [-0.25, -0.2) is 14.8 Å². The molecule has 0 saturated heterocycles. The SMILES string of the molecule is CCOC(=O)c1cc(-c2ccc3ccccc3c2)nc(N)n1. The fourth-order valence-electron chi connectivity index (χ4n) is 2.27. The highest BCUT2D eigenvalue weighted by Gasteiger charge is 2.13. The van der Waals surface area contributed by atoms with E-state index in [1.165, 1.54) is 0 Å². The first kappa shape index (κ1) is 14.0. The molecule has 2 N–H and O–H groups in total. The van der Waals surface area contributed by atoms with Crippen molar-refractivity contribution in [1.29, 1.82) is 0 Å². The average Bonchev–Trinajstić information content (AvgIpc) is 2.54.